The minimum atomic E-state index is 0.624. The van der Waals surface area contributed by atoms with Gasteiger partial charge < -0.3 is 0 Å². The Labute approximate surface area is 275 Å². The molecule has 0 bridgehead atoms. The van der Waals surface area contributed by atoms with Gasteiger partial charge in [0.25, 0.3) is 0 Å². The van der Waals surface area contributed by atoms with Crippen LogP contribution in [-0.4, -0.2) is 24.9 Å². The van der Waals surface area contributed by atoms with Gasteiger partial charge in [-0.2, -0.15) is 0 Å². The molecule has 5 nitrogen and oxygen atoms in total. The highest BCUT2D eigenvalue weighted by atomic mass is 32.1. The van der Waals surface area contributed by atoms with Gasteiger partial charge in [-0.05, 0) is 35.4 Å². The molecule has 0 radical (unpaired) electrons. The fourth-order valence-corrected chi connectivity index (χ4v) is 7.23. The number of hydrogen-bond acceptors (Lipinski definition) is 6. The molecule has 0 saturated carbocycles. The third-order valence-corrected chi connectivity index (χ3v) is 9.56. The Morgan fingerprint density at radius 1 is 0.404 bits per heavy atom. The zero-order valence-electron chi connectivity index (χ0n) is 25.1. The molecule has 220 valence electrons. The Morgan fingerprint density at radius 3 is 1.79 bits per heavy atom. The lowest BCUT2D eigenvalue weighted by atomic mass is 9.96. The summed E-state index contributed by atoms with van der Waals surface area (Å²) in [6, 6.07) is 47.6. The number of rotatable bonds is 5. The van der Waals surface area contributed by atoms with Crippen molar-refractivity contribution in [3.05, 3.63) is 152 Å². The number of aromatic nitrogens is 5. The fraction of sp³-hybridized carbons (Fsp3) is 0. The first-order chi connectivity index (χ1) is 23.3. The molecular weight excluding hydrogens is 595 g/mol. The number of fused-ring (bicyclic) bond motifs is 4. The lowest BCUT2D eigenvalue weighted by Gasteiger charge is -2.12. The molecular formula is C41H25N5S. The van der Waals surface area contributed by atoms with E-state index in [1.165, 1.54) is 20.2 Å². The normalized spacial score (nSPS) is 11.4. The first kappa shape index (κ1) is 27.2. The summed E-state index contributed by atoms with van der Waals surface area (Å²) >= 11 is 1.78. The predicted octanol–water partition coefficient (Wildman–Crippen LogP) is 10.5. The van der Waals surface area contributed by atoms with Gasteiger partial charge in [0.2, 0.25) is 0 Å². The van der Waals surface area contributed by atoms with Gasteiger partial charge in [0.1, 0.15) is 0 Å². The number of hydrogen-bond donors (Lipinski definition) is 0. The van der Waals surface area contributed by atoms with E-state index in [4.69, 9.17) is 24.9 Å². The van der Waals surface area contributed by atoms with Crippen LogP contribution < -0.4 is 0 Å². The molecule has 0 atom stereocenters. The van der Waals surface area contributed by atoms with Crippen LogP contribution in [0.3, 0.4) is 0 Å². The number of pyridine rings is 2. The molecule has 0 unspecified atom stereocenters. The molecule has 0 spiro atoms. The number of para-hydroxylation sites is 1. The Morgan fingerprint density at radius 2 is 1.02 bits per heavy atom. The number of thiophene rings is 1. The Balaban J connectivity index is 1.17. The summed E-state index contributed by atoms with van der Waals surface area (Å²) < 4.78 is 2.45. The van der Waals surface area contributed by atoms with E-state index in [9.17, 15) is 0 Å². The van der Waals surface area contributed by atoms with E-state index in [1.807, 2.05) is 73.1 Å². The largest absolute Gasteiger partial charge is 0.256 e. The molecule has 47 heavy (non-hydrogen) atoms. The van der Waals surface area contributed by atoms with Crippen molar-refractivity contribution in [2.24, 2.45) is 0 Å². The molecule has 5 aromatic carbocycles. The van der Waals surface area contributed by atoms with Gasteiger partial charge in [-0.3, -0.25) is 9.97 Å². The molecule has 0 aliphatic carbocycles. The Kier molecular flexibility index (Phi) is 6.58. The summed E-state index contributed by atoms with van der Waals surface area (Å²) in [5.41, 5.74) is 7.78. The van der Waals surface area contributed by atoms with Crippen LogP contribution in [0.4, 0.5) is 0 Å². The van der Waals surface area contributed by atoms with E-state index in [1.54, 1.807) is 11.3 Å². The highest BCUT2D eigenvalue weighted by Crippen LogP contribution is 2.38. The van der Waals surface area contributed by atoms with Crippen LogP contribution in [-0.2, 0) is 0 Å². The van der Waals surface area contributed by atoms with Crippen LogP contribution in [0.5, 0.6) is 0 Å². The van der Waals surface area contributed by atoms with Gasteiger partial charge in [-0.1, -0.05) is 115 Å². The molecule has 0 N–H and O–H groups in total. The van der Waals surface area contributed by atoms with Crippen LogP contribution in [0.1, 0.15) is 0 Å². The van der Waals surface area contributed by atoms with Gasteiger partial charge in [-0.25, -0.2) is 15.0 Å². The van der Waals surface area contributed by atoms with E-state index < -0.39 is 0 Å². The summed E-state index contributed by atoms with van der Waals surface area (Å²) in [6.07, 6.45) is 3.87. The van der Waals surface area contributed by atoms with E-state index in [0.717, 1.165) is 50.0 Å². The maximum absolute atomic E-state index is 4.95. The van der Waals surface area contributed by atoms with Crippen molar-refractivity contribution in [1.82, 2.24) is 24.9 Å². The van der Waals surface area contributed by atoms with Crippen molar-refractivity contribution in [2.45, 2.75) is 0 Å². The van der Waals surface area contributed by atoms with Crippen molar-refractivity contribution in [3.63, 3.8) is 0 Å². The maximum Gasteiger partial charge on any atom is 0.164 e. The molecule has 0 aliphatic heterocycles. The molecule has 4 aromatic heterocycles. The minimum Gasteiger partial charge on any atom is -0.256 e. The highest BCUT2D eigenvalue weighted by molar-refractivity contribution is 7.25. The van der Waals surface area contributed by atoms with Crippen molar-refractivity contribution < 1.29 is 0 Å². The second kappa shape index (κ2) is 11.4. The summed E-state index contributed by atoms with van der Waals surface area (Å²) in [6.45, 7) is 0. The van der Waals surface area contributed by atoms with Gasteiger partial charge in [0.15, 0.2) is 17.5 Å². The smallest absolute Gasteiger partial charge is 0.164 e. The molecule has 4 heterocycles. The predicted molar refractivity (Wildman–Crippen MR) is 193 cm³/mol. The van der Waals surface area contributed by atoms with E-state index in [-0.39, 0.29) is 0 Å². The third kappa shape index (κ3) is 4.92. The SMILES string of the molecule is c1ccc(-c2nc(-c3ccccc3)nc(-c3cccc(-c4ccnc5c(-c6cc7c(cn6)sc6ccccc67)cccc45)c3)n2)cc1. The van der Waals surface area contributed by atoms with Crippen LogP contribution >= 0.6 is 11.3 Å². The van der Waals surface area contributed by atoms with Crippen molar-refractivity contribution in [3.8, 4) is 56.5 Å². The van der Waals surface area contributed by atoms with Crippen molar-refractivity contribution in [1.29, 1.82) is 0 Å². The number of nitrogens with zero attached hydrogens (tertiary/aromatic N) is 5. The Bertz CT molecular complexity index is 2520. The van der Waals surface area contributed by atoms with Crippen LogP contribution in [0.25, 0.3) is 87.6 Å². The van der Waals surface area contributed by atoms with Crippen LogP contribution in [0.2, 0.25) is 0 Å². The van der Waals surface area contributed by atoms with Gasteiger partial charge in [0.05, 0.1) is 15.9 Å². The molecule has 0 saturated heterocycles. The molecule has 0 aliphatic rings. The lowest BCUT2D eigenvalue weighted by molar-refractivity contribution is 1.07. The molecule has 0 amide bonds. The zero-order valence-corrected chi connectivity index (χ0v) is 25.9. The summed E-state index contributed by atoms with van der Waals surface area (Å²) in [7, 11) is 0. The second-order valence-electron chi connectivity index (χ2n) is 11.3. The second-order valence-corrected chi connectivity index (χ2v) is 12.4. The lowest BCUT2D eigenvalue weighted by Crippen LogP contribution is -2.00. The summed E-state index contributed by atoms with van der Waals surface area (Å²) in [5, 5.41) is 3.54. The summed E-state index contributed by atoms with van der Waals surface area (Å²) in [4.78, 5) is 24.5. The topological polar surface area (TPSA) is 64.5 Å². The Hall–Kier alpha value is -6.11. The quantitative estimate of drug-likeness (QED) is 0.192. The minimum absolute atomic E-state index is 0.624. The van der Waals surface area contributed by atoms with Crippen molar-refractivity contribution in [2.75, 3.05) is 0 Å². The average molecular weight is 620 g/mol. The van der Waals surface area contributed by atoms with Crippen LogP contribution in [0, 0.1) is 0 Å². The van der Waals surface area contributed by atoms with Gasteiger partial charge >= 0.3 is 0 Å². The molecule has 0 fully saturated rings. The first-order valence-corrected chi connectivity index (χ1v) is 16.2. The summed E-state index contributed by atoms with van der Waals surface area (Å²) in [5.74, 6) is 1.91. The van der Waals surface area contributed by atoms with Crippen LogP contribution in [0.15, 0.2) is 152 Å². The zero-order chi connectivity index (χ0) is 31.2. The molecule has 9 aromatic rings. The van der Waals surface area contributed by atoms with E-state index in [0.29, 0.717) is 17.5 Å². The van der Waals surface area contributed by atoms with E-state index in [2.05, 4.69) is 78.9 Å². The van der Waals surface area contributed by atoms with Crippen molar-refractivity contribution >= 4 is 42.4 Å². The van der Waals surface area contributed by atoms with Gasteiger partial charge in [0, 0.05) is 55.5 Å². The standard InChI is InChI=1S/C41H25N5S/c1-3-11-26(12-4-1)39-44-40(27-13-5-2-6-14-27)46-41(45-39)29-16-9-15-28(23-29)30-21-22-42-38-32(30)18-10-19-33(38)35-24-34-31-17-7-8-20-36(31)47-37(34)25-43-35/h1-25H. The fourth-order valence-electron chi connectivity index (χ4n) is 6.18. The number of benzene rings is 5. The molecule has 6 heteroatoms. The monoisotopic (exact) mass is 619 g/mol. The average Bonchev–Trinajstić information content (AvgIpc) is 3.53. The first-order valence-electron chi connectivity index (χ1n) is 15.4. The maximum atomic E-state index is 4.95. The third-order valence-electron chi connectivity index (χ3n) is 8.44. The van der Waals surface area contributed by atoms with Gasteiger partial charge in [-0.15, -0.1) is 11.3 Å². The highest BCUT2D eigenvalue weighted by Gasteiger charge is 2.16. The van der Waals surface area contributed by atoms with E-state index >= 15 is 0 Å². The molecule has 9 rings (SSSR count).